The fourth-order valence-electron chi connectivity index (χ4n) is 12.3. The number of aromatic nitrogens is 1. The van der Waals surface area contributed by atoms with Crippen LogP contribution in [0.15, 0.2) is 124 Å². The first kappa shape index (κ1) is 37.4. The summed E-state index contributed by atoms with van der Waals surface area (Å²) in [6, 6.07) is 43.2. The van der Waals surface area contributed by atoms with Crippen LogP contribution in [0.1, 0.15) is 103 Å². The van der Waals surface area contributed by atoms with E-state index >= 15 is 0 Å². The summed E-state index contributed by atoms with van der Waals surface area (Å²) in [6.45, 7) is 19.4. The van der Waals surface area contributed by atoms with Gasteiger partial charge in [0, 0.05) is 38.2 Å². The van der Waals surface area contributed by atoms with Gasteiger partial charge in [0.15, 0.2) is 0 Å². The molecular formula is C58H53BN2O2. The molecule has 310 valence electrons. The van der Waals surface area contributed by atoms with Gasteiger partial charge in [-0.05, 0) is 122 Å². The van der Waals surface area contributed by atoms with Gasteiger partial charge in [-0.2, -0.15) is 0 Å². The van der Waals surface area contributed by atoms with E-state index in [2.05, 4.69) is 181 Å². The van der Waals surface area contributed by atoms with Crippen LogP contribution in [0.3, 0.4) is 0 Å². The van der Waals surface area contributed by atoms with Crippen LogP contribution in [0.2, 0.25) is 0 Å². The van der Waals surface area contributed by atoms with E-state index in [9.17, 15) is 0 Å². The molecule has 63 heavy (non-hydrogen) atoms. The largest absolute Gasteiger partial charge is 0.469 e. The summed E-state index contributed by atoms with van der Waals surface area (Å²) in [5.74, 6) is 0. The highest BCUT2D eigenvalue weighted by molar-refractivity contribution is 6.73. The van der Waals surface area contributed by atoms with Crippen molar-refractivity contribution in [2.45, 2.75) is 103 Å². The summed E-state index contributed by atoms with van der Waals surface area (Å²) in [6.07, 6.45) is 4.63. The predicted octanol–water partition coefficient (Wildman–Crippen LogP) is 14.7. The molecule has 3 aromatic heterocycles. The third kappa shape index (κ3) is 5.11. The minimum Gasteiger partial charge on any atom is -0.469 e. The van der Waals surface area contributed by atoms with Gasteiger partial charge in [-0.25, -0.2) is 0 Å². The summed E-state index contributed by atoms with van der Waals surface area (Å²) in [5.41, 5.74) is 19.2. The number of H-pyrrole nitrogens is 1. The maximum absolute atomic E-state index is 7.30. The standard InChI is InChI=1S/C58H53BN2O2/c1-55(2)24-25-56(3,4)42-28-33(21-23-41(42)55)61-52-40-29-43-44(58(7,8)27-26-57(43,5)6)31-46(40)63-54(52)59-49-39(30-47-48(53(49)61)38-16-11-12-19-45(38)62-47)36-18-13-17-35-37-22-20-32-14-9-10-15-34(32)50(37)60-51(35)36/h9-23,28-31,59-60H,24-27H2,1-8H3. The second-order valence-corrected chi connectivity index (χ2v) is 21.8. The van der Waals surface area contributed by atoms with Gasteiger partial charge in [0.05, 0.1) is 33.5 Å². The molecule has 4 heterocycles. The second kappa shape index (κ2) is 12.3. The van der Waals surface area contributed by atoms with Crippen LogP contribution < -0.4 is 16.0 Å². The number of fused-ring (bicyclic) bond motifs is 15. The van der Waals surface area contributed by atoms with Gasteiger partial charge in [0.2, 0.25) is 7.28 Å². The van der Waals surface area contributed by atoms with E-state index in [1.54, 1.807) is 0 Å². The first-order chi connectivity index (χ1) is 30.2. The number of furan rings is 2. The Labute approximate surface area is 369 Å². The predicted molar refractivity (Wildman–Crippen MR) is 267 cm³/mol. The van der Waals surface area contributed by atoms with E-state index in [1.165, 1.54) is 78.0 Å². The van der Waals surface area contributed by atoms with Crippen molar-refractivity contribution in [3.8, 4) is 11.1 Å². The van der Waals surface area contributed by atoms with E-state index in [4.69, 9.17) is 8.83 Å². The molecule has 13 rings (SSSR count). The normalized spacial score (nSPS) is 18.2. The zero-order chi connectivity index (χ0) is 42.9. The molecule has 3 aliphatic rings. The Kier molecular flexibility index (Phi) is 7.29. The number of hydrogen-bond acceptors (Lipinski definition) is 3. The first-order valence-corrected chi connectivity index (χ1v) is 23.1. The summed E-state index contributed by atoms with van der Waals surface area (Å²) in [7, 11) is 0.654. The molecule has 0 amide bonds. The summed E-state index contributed by atoms with van der Waals surface area (Å²) >= 11 is 0. The zero-order valence-corrected chi connectivity index (χ0v) is 37.8. The highest BCUT2D eigenvalue weighted by Gasteiger charge is 2.42. The molecule has 1 N–H and O–H groups in total. The number of benzene rings is 7. The van der Waals surface area contributed by atoms with Gasteiger partial charge >= 0.3 is 0 Å². The Morgan fingerprint density at radius 3 is 1.90 bits per heavy atom. The molecular weight excluding hydrogens is 767 g/mol. The minimum absolute atomic E-state index is 0.0321. The number of para-hydroxylation sites is 2. The second-order valence-electron chi connectivity index (χ2n) is 21.8. The molecule has 0 saturated heterocycles. The van der Waals surface area contributed by atoms with Gasteiger partial charge in [-0.1, -0.05) is 134 Å². The van der Waals surface area contributed by atoms with Crippen LogP contribution in [0.25, 0.3) is 76.6 Å². The average Bonchev–Trinajstić information content (AvgIpc) is 3.96. The van der Waals surface area contributed by atoms with Gasteiger partial charge in [-0.3, -0.25) is 0 Å². The Balaban J connectivity index is 1.17. The van der Waals surface area contributed by atoms with Gasteiger partial charge in [0.1, 0.15) is 16.7 Å². The molecule has 0 spiro atoms. The van der Waals surface area contributed by atoms with Crippen molar-refractivity contribution < 1.29 is 8.83 Å². The number of hydrogen-bond donors (Lipinski definition) is 1. The van der Waals surface area contributed by atoms with Crippen LogP contribution in [0, 0.1) is 0 Å². The fraction of sp³-hybridized carbons (Fsp3) is 0.276. The lowest BCUT2D eigenvalue weighted by molar-refractivity contribution is 0.332. The van der Waals surface area contributed by atoms with Crippen molar-refractivity contribution in [3.63, 3.8) is 0 Å². The van der Waals surface area contributed by atoms with Gasteiger partial charge < -0.3 is 18.7 Å². The van der Waals surface area contributed by atoms with Crippen LogP contribution in [0.5, 0.6) is 0 Å². The van der Waals surface area contributed by atoms with E-state index < -0.39 is 0 Å². The molecule has 2 aliphatic carbocycles. The van der Waals surface area contributed by atoms with E-state index in [-0.39, 0.29) is 21.7 Å². The van der Waals surface area contributed by atoms with E-state index in [1.807, 2.05) is 0 Å². The van der Waals surface area contributed by atoms with Gasteiger partial charge in [0.25, 0.3) is 0 Å². The third-order valence-corrected chi connectivity index (χ3v) is 16.2. The maximum Gasteiger partial charge on any atom is 0.244 e. The number of rotatable bonds is 2. The summed E-state index contributed by atoms with van der Waals surface area (Å²) in [5, 5.41) is 8.39. The monoisotopic (exact) mass is 820 g/mol. The number of nitrogens with one attached hydrogen (secondary N) is 1. The topological polar surface area (TPSA) is 45.3 Å². The molecule has 5 heteroatoms. The van der Waals surface area contributed by atoms with Crippen LogP contribution >= 0.6 is 0 Å². The highest BCUT2D eigenvalue weighted by atomic mass is 16.3. The number of anilines is 3. The molecule has 0 unspecified atom stereocenters. The average molecular weight is 821 g/mol. The molecule has 0 radical (unpaired) electrons. The van der Waals surface area contributed by atoms with E-state index in [0.29, 0.717) is 7.28 Å². The van der Waals surface area contributed by atoms with Crippen molar-refractivity contribution in [3.05, 3.63) is 138 Å². The first-order valence-electron chi connectivity index (χ1n) is 23.1. The molecule has 7 aromatic carbocycles. The molecule has 0 saturated carbocycles. The Morgan fingerprint density at radius 1 is 0.476 bits per heavy atom. The molecule has 0 fully saturated rings. The lowest BCUT2D eigenvalue weighted by Gasteiger charge is -2.43. The Bertz CT molecular complexity index is 3630. The summed E-state index contributed by atoms with van der Waals surface area (Å²) < 4.78 is 14.3. The molecule has 0 bridgehead atoms. The van der Waals surface area contributed by atoms with Crippen LogP contribution in [-0.2, 0) is 21.7 Å². The quantitative estimate of drug-likeness (QED) is 0.177. The van der Waals surface area contributed by atoms with Crippen molar-refractivity contribution >= 4 is 101 Å². The van der Waals surface area contributed by atoms with Crippen molar-refractivity contribution in [1.29, 1.82) is 0 Å². The van der Waals surface area contributed by atoms with Gasteiger partial charge in [-0.15, -0.1) is 0 Å². The number of aromatic amines is 1. The minimum atomic E-state index is 0.0321. The third-order valence-electron chi connectivity index (χ3n) is 16.2. The molecule has 1 aliphatic heterocycles. The molecule has 0 atom stereocenters. The lowest BCUT2D eigenvalue weighted by Crippen LogP contribution is -2.40. The van der Waals surface area contributed by atoms with E-state index in [0.717, 1.165) is 74.8 Å². The van der Waals surface area contributed by atoms with Crippen molar-refractivity contribution in [2.24, 2.45) is 0 Å². The van der Waals surface area contributed by atoms with Crippen LogP contribution in [0.4, 0.5) is 17.1 Å². The van der Waals surface area contributed by atoms with Crippen LogP contribution in [-0.4, -0.2) is 12.3 Å². The fourth-order valence-corrected chi connectivity index (χ4v) is 12.3. The molecule has 10 aromatic rings. The number of nitrogens with zero attached hydrogens (tertiary/aromatic N) is 1. The summed E-state index contributed by atoms with van der Waals surface area (Å²) in [4.78, 5) is 6.58. The van der Waals surface area contributed by atoms with Crippen molar-refractivity contribution in [1.82, 2.24) is 4.98 Å². The SMILES string of the molecule is CC1(C)CCC(C)(C)c2cc(N3c4c(oc5cc6c(cc45)C(C)(C)CCC6(C)C)Bc4c(-c5cccc6c5[nH]c5c7ccccc7ccc65)cc5oc6ccccc6c5c43)ccc21. The van der Waals surface area contributed by atoms with Crippen molar-refractivity contribution in [2.75, 3.05) is 4.90 Å². The maximum atomic E-state index is 7.30. The smallest absolute Gasteiger partial charge is 0.244 e. The Morgan fingerprint density at radius 2 is 1.13 bits per heavy atom. The Hall–Kier alpha value is -6.20. The lowest BCUT2D eigenvalue weighted by atomic mass is 9.60. The molecule has 4 nitrogen and oxygen atoms in total. The zero-order valence-electron chi connectivity index (χ0n) is 37.8. The highest BCUT2D eigenvalue weighted by Crippen LogP contribution is 2.54.